The number of amides is 1. The molecule has 0 fully saturated rings. The summed E-state index contributed by atoms with van der Waals surface area (Å²) in [5, 5.41) is 7.42. The van der Waals surface area contributed by atoms with Crippen molar-refractivity contribution < 1.29 is 9.53 Å². The van der Waals surface area contributed by atoms with Gasteiger partial charge in [-0.1, -0.05) is 25.1 Å². The van der Waals surface area contributed by atoms with Crippen LogP contribution in [0.1, 0.15) is 37.4 Å². The maximum atomic E-state index is 11.4. The van der Waals surface area contributed by atoms with Gasteiger partial charge in [0.1, 0.15) is 23.2 Å². The highest BCUT2D eigenvalue weighted by Crippen LogP contribution is 2.34. The number of carbonyl (C=O) groups is 1. The van der Waals surface area contributed by atoms with Gasteiger partial charge in [-0.05, 0) is 30.7 Å². The molecule has 1 aliphatic rings. The molecule has 2 aromatic heterocycles. The fraction of sp³-hybridized carbons (Fsp3) is 0.296. The van der Waals surface area contributed by atoms with E-state index in [1.54, 1.807) is 7.11 Å². The highest BCUT2D eigenvalue weighted by atomic mass is 16.5. The lowest BCUT2D eigenvalue weighted by molar-refractivity contribution is -0.114. The van der Waals surface area contributed by atoms with E-state index in [2.05, 4.69) is 33.5 Å². The summed E-state index contributed by atoms with van der Waals surface area (Å²) in [5.74, 6) is 3.23. The summed E-state index contributed by atoms with van der Waals surface area (Å²) in [5.41, 5.74) is 5.20. The van der Waals surface area contributed by atoms with Gasteiger partial charge in [-0.2, -0.15) is 0 Å². The van der Waals surface area contributed by atoms with Crippen LogP contribution in [0.3, 0.4) is 0 Å². The molecule has 8 nitrogen and oxygen atoms in total. The molecule has 2 aromatic carbocycles. The maximum absolute atomic E-state index is 11.4. The van der Waals surface area contributed by atoms with E-state index >= 15 is 0 Å². The number of ether oxygens (including phenoxy) is 1. The number of para-hydroxylation sites is 1. The van der Waals surface area contributed by atoms with Crippen molar-refractivity contribution in [3.63, 3.8) is 0 Å². The average Bonchev–Trinajstić information content (AvgIpc) is 3.22. The first-order chi connectivity index (χ1) is 17.0. The SMILES string of the molecule is CCCc1nc(Nc2cccc(NC(C)=O)c2)cc(N2CCc3[nH]c4c(OC)cccc4c3C2)n1. The van der Waals surface area contributed by atoms with Gasteiger partial charge in [-0.15, -0.1) is 0 Å². The van der Waals surface area contributed by atoms with Crippen LogP contribution >= 0.6 is 0 Å². The number of rotatable bonds is 7. The summed E-state index contributed by atoms with van der Waals surface area (Å²) in [7, 11) is 1.71. The van der Waals surface area contributed by atoms with Crippen molar-refractivity contribution in [2.24, 2.45) is 0 Å². The quantitative estimate of drug-likeness (QED) is 0.344. The van der Waals surface area contributed by atoms with E-state index in [1.807, 2.05) is 42.5 Å². The van der Waals surface area contributed by atoms with E-state index in [9.17, 15) is 4.79 Å². The summed E-state index contributed by atoms with van der Waals surface area (Å²) in [6.45, 7) is 5.26. The molecule has 4 aromatic rings. The lowest BCUT2D eigenvalue weighted by atomic mass is 10.0. The van der Waals surface area contributed by atoms with Crippen LogP contribution in [-0.4, -0.2) is 34.5 Å². The number of anilines is 4. The number of aromatic nitrogens is 3. The van der Waals surface area contributed by atoms with Crippen LogP contribution in [0.15, 0.2) is 48.5 Å². The van der Waals surface area contributed by atoms with E-state index < -0.39 is 0 Å². The van der Waals surface area contributed by atoms with E-state index in [0.29, 0.717) is 0 Å². The Kier molecular flexibility index (Phi) is 6.27. The second kappa shape index (κ2) is 9.66. The lowest BCUT2D eigenvalue weighted by Gasteiger charge is -2.29. The Morgan fingerprint density at radius 2 is 1.97 bits per heavy atom. The Morgan fingerprint density at radius 3 is 2.77 bits per heavy atom. The number of fused-ring (bicyclic) bond motifs is 3. The van der Waals surface area contributed by atoms with E-state index in [4.69, 9.17) is 14.7 Å². The van der Waals surface area contributed by atoms with E-state index in [1.165, 1.54) is 23.6 Å². The minimum absolute atomic E-state index is 0.101. The molecule has 35 heavy (non-hydrogen) atoms. The Bertz CT molecular complexity index is 1380. The summed E-state index contributed by atoms with van der Waals surface area (Å²) >= 11 is 0. The van der Waals surface area contributed by atoms with Gasteiger partial charge in [-0.3, -0.25) is 4.79 Å². The van der Waals surface area contributed by atoms with Crippen molar-refractivity contribution in [3.8, 4) is 5.75 Å². The average molecular weight is 471 g/mol. The zero-order valence-corrected chi connectivity index (χ0v) is 20.3. The first-order valence-electron chi connectivity index (χ1n) is 12.0. The normalized spacial score (nSPS) is 12.9. The van der Waals surface area contributed by atoms with Crippen molar-refractivity contribution in [1.29, 1.82) is 0 Å². The van der Waals surface area contributed by atoms with E-state index in [0.717, 1.165) is 72.5 Å². The molecule has 180 valence electrons. The van der Waals surface area contributed by atoms with Crippen LogP contribution in [0.5, 0.6) is 5.75 Å². The molecule has 1 amide bonds. The highest BCUT2D eigenvalue weighted by Gasteiger charge is 2.23. The van der Waals surface area contributed by atoms with Crippen LogP contribution in [0.25, 0.3) is 10.9 Å². The molecule has 8 heteroatoms. The largest absolute Gasteiger partial charge is 0.495 e. The fourth-order valence-corrected chi connectivity index (χ4v) is 4.65. The molecule has 0 saturated carbocycles. The molecule has 1 aliphatic heterocycles. The van der Waals surface area contributed by atoms with Gasteiger partial charge in [0, 0.05) is 66.9 Å². The monoisotopic (exact) mass is 470 g/mol. The Labute approximate surface area is 204 Å². The number of nitrogens with zero attached hydrogens (tertiary/aromatic N) is 3. The minimum atomic E-state index is -0.101. The van der Waals surface area contributed by atoms with Crippen LogP contribution in [0.4, 0.5) is 23.0 Å². The minimum Gasteiger partial charge on any atom is -0.495 e. The summed E-state index contributed by atoms with van der Waals surface area (Å²) in [4.78, 5) is 27.0. The smallest absolute Gasteiger partial charge is 0.221 e. The Hall–Kier alpha value is -4.07. The van der Waals surface area contributed by atoms with Crippen molar-refractivity contribution in [1.82, 2.24) is 15.0 Å². The topological polar surface area (TPSA) is 95.2 Å². The maximum Gasteiger partial charge on any atom is 0.221 e. The van der Waals surface area contributed by atoms with Crippen molar-refractivity contribution in [2.45, 2.75) is 39.7 Å². The molecule has 0 saturated heterocycles. The summed E-state index contributed by atoms with van der Waals surface area (Å²) in [6.07, 6.45) is 2.67. The number of hydrogen-bond donors (Lipinski definition) is 3. The first-order valence-corrected chi connectivity index (χ1v) is 12.0. The number of benzene rings is 2. The number of hydrogen-bond acceptors (Lipinski definition) is 6. The molecule has 0 spiro atoms. The fourth-order valence-electron chi connectivity index (χ4n) is 4.65. The standard InChI is InChI=1S/C27H30N6O2/c1-4-7-24-31-25(29-19-9-5-8-18(14-19)28-17(2)34)15-26(32-24)33-13-12-22-21(16-33)20-10-6-11-23(35-3)27(20)30-22/h5-6,8-11,14-15,30H,4,7,12-13,16H2,1-3H3,(H,28,34)(H,29,31,32). The van der Waals surface area contributed by atoms with Gasteiger partial charge in [0.15, 0.2) is 0 Å². The number of nitrogens with one attached hydrogen (secondary N) is 3. The number of aromatic amines is 1. The van der Waals surface area contributed by atoms with Gasteiger partial charge >= 0.3 is 0 Å². The number of aryl methyl sites for hydroxylation is 1. The molecule has 5 rings (SSSR count). The molecule has 0 bridgehead atoms. The Morgan fingerprint density at radius 1 is 1.14 bits per heavy atom. The van der Waals surface area contributed by atoms with Crippen LogP contribution in [0, 0.1) is 0 Å². The number of methoxy groups -OCH3 is 1. The van der Waals surface area contributed by atoms with E-state index in [-0.39, 0.29) is 5.91 Å². The van der Waals surface area contributed by atoms with Gasteiger partial charge in [-0.25, -0.2) is 9.97 Å². The molecule has 0 atom stereocenters. The number of carbonyl (C=O) groups excluding carboxylic acids is 1. The third-order valence-electron chi connectivity index (χ3n) is 6.20. The molecule has 0 unspecified atom stereocenters. The molecule has 3 heterocycles. The number of H-pyrrole nitrogens is 1. The zero-order chi connectivity index (χ0) is 24.4. The predicted molar refractivity (Wildman–Crippen MR) is 140 cm³/mol. The van der Waals surface area contributed by atoms with Gasteiger partial charge < -0.3 is 25.3 Å². The van der Waals surface area contributed by atoms with Gasteiger partial charge in [0.05, 0.1) is 12.6 Å². The van der Waals surface area contributed by atoms with Crippen molar-refractivity contribution >= 4 is 39.8 Å². The third-order valence-corrected chi connectivity index (χ3v) is 6.20. The van der Waals surface area contributed by atoms with Crippen molar-refractivity contribution in [2.75, 3.05) is 29.2 Å². The third kappa shape index (κ3) is 4.77. The van der Waals surface area contributed by atoms with Crippen molar-refractivity contribution in [3.05, 3.63) is 65.6 Å². The van der Waals surface area contributed by atoms with Gasteiger partial charge in [0.2, 0.25) is 5.91 Å². The molecular weight excluding hydrogens is 440 g/mol. The Balaban J connectivity index is 1.45. The predicted octanol–water partition coefficient (Wildman–Crippen LogP) is 5.18. The molecule has 3 N–H and O–H groups in total. The lowest BCUT2D eigenvalue weighted by Crippen LogP contribution is -2.31. The van der Waals surface area contributed by atoms with Gasteiger partial charge in [0.25, 0.3) is 0 Å². The summed E-state index contributed by atoms with van der Waals surface area (Å²) < 4.78 is 5.56. The summed E-state index contributed by atoms with van der Waals surface area (Å²) in [6, 6.07) is 15.8. The second-order valence-electron chi connectivity index (χ2n) is 8.80. The molecule has 0 aliphatic carbocycles. The highest BCUT2D eigenvalue weighted by molar-refractivity contribution is 5.90. The molecular formula is C27H30N6O2. The van der Waals surface area contributed by atoms with Crippen LogP contribution in [-0.2, 0) is 24.2 Å². The first kappa shape index (κ1) is 22.7. The van der Waals surface area contributed by atoms with Crippen LogP contribution < -0.4 is 20.3 Å². The zero-order valence-electron chi connectivity index (χ0n) is 20.3. The van der Waals surface area contributed by atoms with Crippen LogP contribution in [0.2, 0.25) is 0 Å². The second-order valence-corrected chi connectivity index (χ2v) is 8.80. The molecule has 0 radical (unpaired) electrons.